The maximum Gasteiger partial charge on any atom is 0.226 e. The number of rotatable bonds is 3. The highest BCUT2D eigenvalue weighted by molar-refractivity contribution is 5.80. The summed E-state index contributed by atoms with van der Waals surface area (Å²) >= 11 is 0. The number of hydrogen-bond donors (Lipinski definition) is 0. The van der Waals surface area contributed by atoms with Crippen LogP contribution in [0, 0.1) is 17.8 Å². The van der Waals surface area contributed by atoms with Crippen molar-refractivity contribution in [1.82, 2.24) is 14.8 Å². The number of pyridine rings is 1. The Balaban J connectivity index is 1.38. The monoisotopic (exact) mass is 299 g/mol. The van der Waals surface area contributed by atoms with Crippen molar-refractivity contribution in [1.29, 1.82) is 0 Å². The van der Waals surface area contributed by atoms with Crippen molar-refractivity contribution in [3.63, 3.8) is 0 Å². The third kappa shape index (κ3) is 2.54. The summed E-state index contributed by atoms with van der Waals surface area (Å²) in [4.78, 5) is 21.6. The lowest BCUT2D eigenvalue weighted by molar-refractivity contribution is -0.140. The first-order chi connectivity index (χ1) is 10.7. The zero-order valence-corrected chi connectivity index (χ0v) is 13.3. The van der Waals surface area contributed by atoms with Gasteiger partial charge in [-0.2, -0.15) is 0 Å². The van der Waals surface area contributed by atoms with Crippen molar-refractivity contribution in [3.05, 3.63) is 30.1 Å². The average molecular weight is 299 g/mol. The molecule has 0 unspecified atom stereocenters. The third-order valence-corrected chi connectivity index (χ3v) is 5.76. The molecular weight excluding hydrogens is 274 g/mol. The lowest BCUT2D eigenvalue weighted by Crippen LogP contribution is -2.45. The van der Waals surface area contributed by atoms with E-state index in [0.717, 1.165) is 44.9 Å². The van der Waals surface area contributed by atoms with E-state index in [9.17, 15) is 4.79 Å². The Hall–Kier alpha value is -1.42. The SMILES string of the molecule is CC1CC(C(=O)N2CC[C@H]3CN(Cc4cccnc4)C[C@H]32)C1. The van der Waals surface area contributed by atoms with Gasteiger partial charge in [-0.1, -0.05) is 13.0 Å². The summed E-state index contributed by atoms with van der Waals surface area (Å²) in [6.45, 7) is 6.36. The minimum Gasteiger partial charge on any atom is -0.338 e. The predicted octanol–water partition coefficient (Wildman–Crippen LogP) is 2.16. The van der Waals surface area contributed by atoms with Gasteiger partial charge in [0.05, 0.1) is 0 Å². The largest absolute Gasteiger partial charge is 0.338 e. The van der Waals surface area contributed by atoms with Crippen LogP contribution < -0.4 is 0 Å². The van der Waals surface area contributed by atoms with E-state index in [2.05, 4.69) is 27.8 Å². The topological polar surface area (TPSA) is 36.4 Å². The third-order valence-electron chi connectivity index (χ3n) is 5.76. The van der Waals surface area contributed by atoms with Crippen LogP contribution in [0.4, 0.5) is 0 Å². The van der Waals surface area contributed by atoms with Crippen molar-refractivity contribution >= 4 is 5.91 Å². The molecule has 2 atom stereocenters. The first kappa shape index (κ1) is 14.2. The molecule has 4 heteroatoms. The standard InChI is InChI=1S/C18H25N3O/c1-13-7-16(8-13)18(22)21-6-4-15-11-20(12-17(15)21)10-14-3-2-5-19-9-14/h2-3,5,9,13,15-17H,4,6-8,10-12H2,1H3/t13?,15-,16?,17+/m0/s1. The number of carbonyl (C=O) groups excluding carboxylic acids is 1. The molecule has 0 spiro atoms. The predicted molar refractivity (Wildman–Crippen MR) is 85.0 cm³/mol. The molecule has 1 amide bonds. The molecule has 118 valence electrons. The van der Waals surface area contributed by atoms with Crippen LogP contribution in [-0.4, -0.2) is 46.4 Å². The molecule has 0 radical (unpaired) electrons. The van der Waals surface area contributed by atoms with Gasteiger partial charge in [-0.25, -0.2) is 0 Å². The van der Waals surface area contributed by atoms with Crippen molar-refractivity contribution in [3.8, 4) is 0 Å². The quantitative estimate of drug-likeness (QED) is 0.858. The summed E-state index contributed by atoms with van der Waals surface area (Å²) in [7, 11) is 0. The Morgan fingerprint density at radius 2 is 2.23 bits per heavy atom. The van der Waals surface area contributed by atoms with E-state index < -0.39 is 0 Å². The van der Waals surface area contributed by atoms with Gasteiger partial charge in [-0.15, -0.1) is 0 Å². The highest BCUT2D eigenvalue weighted by atomic mass is 16.2. The number of fused-ring (bicyclic) bond motifs is 1. The molecule has 4 rings (SSSR count). The van der Waals surface area contributed by atoms with Crippen LogP contribution in [-0.2, 0) is 11.3 Å². The van der Waals surface area contributed by atoms with Crippen LogP contribution in [0.15, 0.2) is 24.5 Å². The van der Waals surface area contributed by atoms with Crippen molar-refractivity contribution in [2.45, 2.75) is 38.8 Å². The van der Waals surface area contributed by atoms with Gasteiger partial charge >= 0.3 is 0 Å². The van der Waals surface area contributed by atoms with Crippen LogP contribution in [0.3, 0.4) is 0 Å². The van der Waals surface area contributed by atoms with E-state index in [0.29, 0.717) is 23.8 Å². The minimum atomic E-state index is 0.320. The lowest BCUT2D eigenvalue weighted by Gasteiger charge is -2.36. The molecule has 22 heavy (non-hydrogen) atoms. The van der Waals surface area contributed by atoms with Crippen molar-refractivity contribution in [2.75, 3.05) is 19.6 Å². The van der Waals surface area contributed by atoms with Gasteiger partial charge in [0.25, 0.3) is 0 Å². The number of likely N-dealkylation sites (tertiary alicyclic amines) is 2. The Labute approximate surface area is 132 Å². The average Bonchev–Trinajstić information content (AvgIpc) is 3.04. The van der Waals surface area contributed by atoms with E-state index in [1.165, 1.54) is 12.0 Å². The van der Waals surface area contributed by atoms with E-state index in [1.54, 1.807) is 0 Å². The molecule has 2 saturated heterocycles. The molecule has 1 saturated carbocycles. The van der Waals surface area contributed by atoms with Gasteiger partial charge in [0.15, 0.2) is 0 Å². The summed E-state index contributed by atoms with van der Waals surface area (Å²) in [5, 5.41) is 0. The summed E-state index contributed by atoms with van der Waals surface area (Å²) in [5.74, 6) is 2.19. The number of hydrogen-bond acceptors (Lipinski definition) is 3. The second-order valence-corrected chi connectivity index (χ2v) is 7.48. The van der Waals surface area contributed by atoms with Crippen LogP contribution in [0.25, 0.3) is 0 Å². The van der Waals surface area contributed by atoms with Gasteiger partial charge < -0.3 is 4.90 Å². The van der Waals surface area contributed by atoms with Crippen LogP contribution in [0.5, 0.6) is 0 Å². The maximum absolute atomic E-state index is 12.7. The van der Waals surface area contributed by atoms with Crippen LogP contribution in [0.1, 0.15) is 31.7 Å². The molecule has 3 fully saturated rings. The molecule has 3 aliphatic rings. The molecule has 1 aromatic rings. The van der Waals surface area contributed by atoms with Gasteiger partial charge in [0.1, 0.15) is 0 Å². The summed E-state index contributed by atoms with van der Waals surface area (Å²) < 4.78 is 0. The fourth-order valence-corrected chi connectivity index (χ4v) is 4.54. The Kier molecular flexibility index (Phi) is 3.65. The highest BCUT2D eigenvalue weighted by Crippen LogP contribution is 2.39. The molecule has 0 bridgehead atoms. The Morgan fingerprint density at radius 3 is 2.95 bits per heavy atom. The zero-order valence-electron chi connectivity index (χ0n) is 13.3. The lowest BCUT2D eigenvalue weighted by atomic mass is 9.75. The van der Waals surface area contributed by atoms with E-state index in [-0.39, 0.29) is 0 Å². The van der Waals surface area contributed by atoms with E-state index in [4.69, 9.17) is 0 Å². The number of nitrogens with zero attached hydrogens (tertiary/aromatic N) is 3. The second-order valence-electron chi connectivity index (χ2n) is 7.48. The van der Waals surface area contributed by atoms with Crippen LogP contribution >= 0.6 is 0 Å². The smallest absolute Gasteiger partial charge is 0.226 e. The fraction of sp³-hybridized carbons (Fsp3) is 0.667. The van der Waals surface area contributed by atoms with Crippen LogP contribution in [0.2, 0.25) is 0 Å². The first-order valence-electron chi connectivity index (χ1n) is 8.62. The number of amides is 1. The number of aromatic nitrogens is 1. The normalized spacial score (nSPS) is 34.5. The Bertz CT molecular complexity index is 541. The van der Waals surface area contributed by atoms with E-state index in [1.807, 2.05) is 18.5 Å². The molecule has 1 aromatic heterocycles. The molecule has 0 aromatic carbocycles. The molecule has 1 aliphatic carbocycles. The van der Waals surface area contributed by atoms with Gasteiger partial charge in [0.2, 0.25) is 5.91 Å². The Morgan fingerprint density at radius 1 is 1.36 bits per heavy atom. The van der Waals surface area contributed by atoms with Gasteiger partial charge in [0, 0.05) is 50.5 Å². The minimum absolute atomic E-state index is 0.320. The van der Waals surface area contributed by atoms with Gasteiger partial charge in [-0.3, -0.25) is 14.7 Å². The highest BCUT2D eigenvalue weighted by Gasteiger charge is 2.46. The van der Waals surface area contributed by atoms with E-state index >= 15 is 0 Å². The first-order valence-corrected chi connectivity index (χ1v) is 8.62. The van der Waals surface area contributed by atoms with Gasteiger partial charge in [-0.05, 0) is 42.7 Å². The molecule has 0 N–H and O–H groups in total. The van der Waals surface area contributed by atoms with Crippen molar-refractivity contribution in [2.24, 2.45) is 17.8 Å². The second kappa shape index (κ2) is 5.65. The molecule has 2 aliphatic heterocycles. The molecule has 3 heterocycles. The van der Waals surface area contributed by atoms with Crippen molar-refractivity contribution < 1.29 is 4.79 Å². The zero-order chi connectivity index (χ0) is 15.1. The maximum atomic E-state index is 12.7. The summed E-state index contributed by atoms with van der Waals surface area (Å²) in [6, 6.07) is 4.60. The molecule has 4 nitrogen and oxygen atoms in total. The summed E-state index contributed by atoms with van der Waals surface area (Å²) in [5.41, 5.74) is 1.27. The number of carbonyl (C=O) groups is 1. The summed E-state index contributed by atoms with van der Waals surface area (Å²) in [6.07, 6.45) is 7.16. The fourth-order valence-electron chi connectivity index (χ4n) is 4.54. The molecular formula is C18H25N3O.